The average molecular weight is 394 g/mol. The average Bonchev–Trinajstić information content (AvgIpc) is 3.14. The Balaban J connectivity index is 1.50. The van der Waals surface area contributed by atoms with E-state index >= 15 is 0 Å². The van der Waals surface area contributed by atoms with Crippen LogP contribution >= 0.6 is 0 Å². The van der Waals surface area contributed by atoms with Crippen LogP contribution in [0.4, 0.5) is 0 Å². The first-order valence-electron chi connectivity index (χ1n) is 9.73. The Morgan fingerprint density at radius 1 is 1.03 bits per heavy atom. The van der Waals surface area contributed by atoms with Crippen LogP contribution in [0.5, 0.6) is 5.88 Å². The monoisotopic (exact) mass is 394 g/mol. The molecule has 4 heterocycles. The Kier molecular flexibility index (Phi) is 4.74. The number of hydrogen-bond donors (Lipinski definition) is 3. The number of H-pyrrole nitrogens is 2. The molecule has 3 aromatic heterocycles. The summed E-state index contributed by atoms with van der Waals surface area (Å²) in [5.41, 5.74) is 2.22. The van der Waals surface area contributed by atoms with Gasteiger partial charge in [-0.1, -0.05) is 0 Å². The predicted molar refractivity (Wildman–Crippen MR) is 111 cm³/mol. The standard InChI is InChI=1S/C21H26N6O2/c1-20(2)9-14(10-21(3,4)27-20)29-18-8-7-17(25-26-18)15-5-6-16(24-19(15)28)13-11-22-23-12-13/h5-8,11-12,14,27H,9-10H2,1-4H3,(H,22,23)(H,24,28). The molecule has 0 atom stereocenters. The van der Waals surface area contributed by atoms with E-state index < -0.39 is 0 Å². The van der Waals surface area contributed by atoms with E-state index in [4.69, 9.17) is 4.74 Å². The molecular weight excluding hydrogens is 368 g/mol. The van der Waals surface area contributed by atoms with Crippen molar-refractivity contribution in [1.82, 2.24) is 30.7 Å². The molecule has 1 aliphatic rings. The molecule has 1 aliphatic heterocycles. The largest absolute Gasteiger partial charge is 0.473 e. The number of aromatic nitrogens is 5. The fourth-order valence-electron chi connectivity index (χ4n) is 4.25. The zero-order chi connectivity index (χ0) is 20.6. The molecule has 0 saturated carbocycles. The summed E-state index contributed by atoms with van der Waals surface area (Å²) in [4.78, 5) is 15.3. The third kappa shape index (κ3) is 4.37. The van der Waals surface area contributed by atoms with Crippen molar-refractivity contribution in [2.75, 3.05) is 0 Å². The topological polar surface area (TPSA) is 109 Å². The van der Waals surface area contributed by atoms with Gasteiger partial charge in [-0.3, -0.25) is 9.89 Å². The van der Waals surface area contributed by atoms with Gasteiger partial charge in [0.25, 0.3) is 5.56 Å². The lowest BCUT2D eigenvalue weighted by molar-refractivity contribution is 0.0524. The maximum Gasteiger partial charge on any atom is 0.257 e. The minimum atomic E-state index is -0.228. The van der Waals surface area contributed by atoms with Gasteiger partial charge in [0.15, 0.2) is 0 Å². The molecule has 0 spiro atoms. The van der Waals surface area contributed by atoms with E-state index in [1.54, 1.807) is 30.6 Å². The van der Waals surface area contributed by atoms with Crippen LogP contribution in [0.3, 0.4) is 0 Å². The second-order valence-corrected chi connectivity index (χ2v) is 8.90. The predicted octanol–water partition coefficient (Wildman–Crippen LogP) is 2.91. The third-order valence-electron chi connectivity index (χ3n) is 5.07. The molecular formula is C21H26N6O2. The quantitative estimate of drug-likeness (QED) is 0.628. The minimum Gasteiger partial charge on any atom is -0.473 e. The van der Waals surface area contributed by atoms with Crippen LogP contribution in [0.2, 0.25) is 0 Å². The van der Waals surface area contributed by atoms with Crippen molar-refractivity contribution in [3.05, 3.63) is 47.0 Å². The van der Waals surface area contributed by atoms with Crippen LogP contribution in [0.25, 0.3) is 22.5 Å². The van der Waals surface area contributed by atoms with E-state index in [9.17, 15) is 4.79 Å². The van der Waals surface area contributed by atoms with Crippen molar-refractivity contribution in [2.24, 2.45) is 0 Å². The maximum absolute atomic E-state index is 12.5. The normalized spacial score (nSPS) is 18.5. The molecule has 0 bridgehead atoms. The van der Waals surface area contributed by atoms with Crippen LogP contribution in [0, 0.1) is 0 Å². The molecule has 152 valence electrons. The van der Waals surface area contributed by atoms with Gasteiger partial charge in [0.1, 0.15) is 6.10 Å². The second kappa shape index (κ2) is 7.11. The molecule has 0 amide bonds. The van der Waals surface area contributed by atoms with Crippen molar-refractivity contribution in [3.8, 4) is 28.4 Å². The van der Waals surface area contributed by atoms with E-state index in [1.807, 2.05) is 6.07 Å². The van der Waals surface area contributed by atoms with Crippen LogP contribution in [0.1, 0.15) is 40.5 Å². The summed E-state index contributed by atoms with van der Waals surface area (Å²) in [7, 11) is 0. The number of piperidine rings is 1. The number of pyridine rings is 1. The molecule has 8 nitrogen and oxygen atoms in total. The summed E-state index contributed by atoms with van der Waals surface area (Å²) in [5, 5.41) is 18.7. The Hall–Kier alpha value is -3.00. The number of aromatic amines is 2. The summed E-state index contributed by atoms with van der Waals surface area (Å²) < 4.78 is 6.11. The zero-order valence-corrected chi connectivity index (χ0v) is 17.1. The summed E-state index contributed by atoms with van der Waals surface area (Å²) >= 11 is 0. The zero-order valence-electron chi connectivity index (χ0n) is 17.1. The van der Waals surface area contributed by atoms with Crippen molar-refractivity contribution in [1.29, 1.82) is 0 Å². The molecule has 1 fully saturated rings. The third-order valence-corrected chi connectivity index (χ3v) is 5.07. The van der Waals surface area contributed by atoms with Gasteiger partial charge in [0, 0.05) is 41.7 Å². The molecule has 0 radical (unpaired) electrons. The van der Waals surface area contributed by atoms with Crippen molar-refractivity contribution in [2.45, 2.75) is 57.7 Å². The van der Waals surface area contributed by atoms with Gasteiger partial charge in [-0.05, 0) is 45.9 Å². The van der Waals surface area contributed by atoms with E-state index in [0.717, 1.165) is 18.4 Å². The Morgan fingerprint density at radius 2 is 1.79 bits per heavy atom. The first-order valence-corrected chi connectivity index (χ1v) is 9.73. The van der Waals surface area contributed by atoms with Gasteiger partial charge in [0.2, 0.25) is 5.88 Å². The lowest BCUT2D eigenvalue weighted by Gasteiger charge is -2.46. The molecule has 4 rings (SSSR count). The summed E-state index contributed by atoms with van der Waals surface area (Å²) in [6.45, 7) is 8.72. The van der Waals surface area contributed by atoms with Crippen LogP contribution < -0.4 is 15.6 Å². The lowest BCUT2D eigenvalue weighted by atomic mass is 9.81. The number of rotatable bonds is 4. The van der Waals surface area contributed by atoms with Gasteiger partial charge < -0.3 is 15.0 Å². The van der Waals surface area contributed by atoms with E-state index in [2.05, 4.69) is 58.4 Å². The molecule has 0 unspecified atom stereocenters. The molecule has 3 N–H and O–H groups in total. The van der Waals surface area contributed by atoms with Crippen LogP contribution in [-0.4, -0.2) is 42.6 Å². The number of nitrogens with zero attached hydrogens (tertiary/aromatic N) is 3. The maximum atomic E-state index is 12.5. The van der Waals surface area contributed by atoms with Crippen molar-refractivity contribution in [3.63, 3.8) is 0 Å². The van der Waals surface area contributed by atoms with Gasteiger partial charge in [-0.25, -0.2) is 0 Å². The van der Waals surface area contributed by atoms with Crippen LogP contribution in [-0.2, 0) is 0 Å². The summed E-state index contributed by atoms with van der Waals surface area (Å²) in [6, 6.07) is 7.10. The highest BCUT2D eigenvalue weighted by Gasteiger charge is 2.38. The highest BCUT2D eigenvalue weighted by atomic mass is 16.5. The number of ether oxygens (including phenoxy) is 1. The number of nitrogens with one attached hydrogen (secondary N) is 3. The smallest absolute Gasteiger partial charge is 0.257 e. The first-order chi connectivity index (χ1) is 13.7. The Morgan fingerprint density at radius 3 is 2.38 bits per heavy atom. The summed E-state index contributed by atoms with van der Waals surface area (Å²) in [5.74, 6) is 0.471. The van der Waals surface area contributed by atoms with E-state index in [-0.39, 0.29) is 22.7 Å². The summed E-state index contributed by atoms with van der Waals surface area (Å²) in [6.07, 6.45) is 5.20. The number of hydrogen-bond acceptors (Lipinski definition) is 6. The molecule has 1 saturated heterocycles. The fraction of sp³-hybridized carbons (Fsp3) is 0.429. The van der Waals surface area contributed by atoms with Gasteiger partial charge in [-0.2, -0.15) is 5.10 Å². The highest BCUT2D eigenvalue weighted by molar-refractivity contribution is 5.63. The van der Waals surface area contributed by atoms with Crippen molar-refractivity contribution < 1.29 is 4.74 Å². The molecule has 0 aliphatic carbocycles. The molecule has 8 heteroatoms. The van der Waals surface area contributed by atoms with Crippen LogP contribution in [0.15, 0.2) is 41.5 Å². The lowest BCUT2D eigenvalue weighted by Crippen LogP contribution is -2.60. The SMILES string of the molecule is CC1(C)CC(Oc2ccc(-c3ccc(-c4cn[nH]c4)[nH]c3=O)nn2)CC(C)(C)N1. The van der Waals surface area contributed by atoms with Gasteiger partial charge in [-0.15, -0.1) is 10.2 Å². The van der Waals surface area contributed by atoms with E-state index in [1.165, 1.54) is 0 Å². The highest BCUT2D eigenvalue weighted by Crippen LogP contribution is 2.31. The first kappa shape index (κ1) is 19.3. The van der Waals surface area contributed by atoms with Gasteiger partial charge >= 0.3 is 0 Å². The Bertz CT molecular complexity index is 1020. The second-order valence-electron chi connectivity index (χ2n) is 8.90. The fourth-order valence-corrected chi connectivity index (χ4v) is 4.25. The van der Waals surface area contributed by atoms with E-state index in [0.29, 0.717) is 22.8 Å². The minimum absolute atomic E-state index is 0.0101. The van der Waals surface area contributed by atoms with Gasteiger partial charge in [0.05, 0.1) is 23.1 Å². The molecule has 0 aromatic carbocycles. The molecule has 3 aromatic rings. The van der Waals surface area contributed by atoms with Crippen molar-refractivity contribution >= 4 is 0 Å². The molecule has 29 heavy (non-hydrogen) atoms. The Labute approximate surface area is 169 Å².